The molecule has 1 fully saturated rings. The first-order valence-electron chi connectivity index (χ1n) is 5.77. The lowest BCUT2D eigenvalue weighted by molar-refractivity contribution is -0.148. The maximum Gasteiger partial charge on any atom is 0.333 e. The van der Waals surface area contributed by atoms with Crippen LogP contribution in [0.3, 0.4) is 0 Å². The summed E-state index contributed by atoms with van der Waals surface area (Å²) in [5, 5.41) is 3.55. The first kappa shape index (κ1) is 13.2. The van der Waals surface area contributed by atoms with Crippen molar-refractivity contribution in [1.82, 2.24) is 5.32 Å². The maximum absolute atomic E-state index is 11.5. The van der Waals surface area contributed by atoms with E-state index in [9.17, 15) is 4.79 Å². The van der Waals surface area contributed by atoms with Crippen LogP contribution >= 0.6 is 0 Å². The number of carbonyl (C=O) groups is 1. The summed E-state index contributed by atoms with van der Waals surface area (Å²) in [4.78, 5) is 11.5. The molecule has 1 rings (SSSR count). The van der Waals surface area contributed by atoms with Crippen molar-refractivity contribution in [2.75, 3.05) is 0 Å². The van der Waals surface area contributed by atoms with E-state index in [-0.39, 0.29) is 23.2 Å². The third-order valence-electron chi connectivity index (χ3n) is 2.77. The molecule has 0 radical (unpaired) electrons. The number of hydrogen-bond donors (Lipinski definition) is 1. The van der Waals surface area contributed by atoms with Crippen molar-refractivity contribution in [2.24, 2.45) is 0 Å². The highest BCUT2D eigenvalue weighted by Gasteiger charge is 2.39. The second-order valence-electron chi connectivity index (χ2n) is 6.11. The molecule has 1 saturated heterocycles. The van der Waals surface area contributed by atoms with E-state index >= 15 is 0 Å². The van der Waals surface area contributed by atoms with Gasteiger partial charge in [0, 0.05) is 29.5 Å². The van der Waals surface area contributed by atoms with Crippen LogP contribution in [0, 0.1) is 0 Å². The zero-order valence-electron chi connectivity index (χ0n) is 11.0. The topological polar surface area (TPSA) is 38.3 Å². The summed E-state index contributed by atoms with van der Waals surface area (Å²) < 4.78 is 5.45. The monoisotopic (exact) mass is 225 g/mol. The Balaban J connectivity index is 2.68. The normalized spacial score (nSPS) is 23.8. The number of rotatable bonds is 2. The molecule has 1 heterocycles. The Hall–Kier alpha value is -0.830. The molecular weight excluding hydrogens is 202 g/mol. The Morgan fingerprint density at radius 3 is 2.06 bits per heavy atom. The van der Waals surface area contributed by atoms with Gasteiger partial charge in [-0.1, -0.05) is 6.58 Å². The second kappa shape index (κ2) is 4.21. The van der Waals surface area contributed by atoms with E-state index in [1.807, 2.05) is 0 Å². The van der Waals surface area contributed by atoms with Crippen LogP contribution in [0.2, 0.25) is 0 Å². The predicted octanol–water partition coefficient (Wildman–Crippen LogP) is 2.41. The van der Waals surface area contributed by atoms with Crippen molar-refractivity contribution in [3.05, 3.63) is 12.2 Å². The number of esters is 1. The third kappa shape index (κ3) is 3.63. The molecule has 0 aromatic carbocycles. The van der Waals surface area contributed by atoms with Gasteiger partial charge in [0.05, 0.1) is 0 Å². The Labute approximate surface area is 98.2 Å². The largest absolute Gasteiger partial charge is 0.459 e. The van der Waals surface area contributed by atoms with Crippen molar-refractivity contribution in [3.63, 3.8) is 0 Å². The van der Waals surface area contributed by atoms with Crippen LogP contribution in [0.15, 0.2) is 12.2 Å². The maximum atomic E-state index is 11.5. The highest BCUT2D eigenvalue weighted by Crippen LogP contribution is 2.30. The molecule has 0 aliphatic carbocycles. The number of nitrogens with one attached hydrogen (secondary N) is 1. The predicted molar refractivity (Wildman–Crippen MR) is 65.2 cm³/mol. The fourth-order valence-corrected chi connectivity index (χ4v) is 2.56. The lowest BCUT2D eigenvalue weighted by atomic mass is 9.81. The van der Waals surface area contributed by atoms with Crippen LogP contribution in [-0.4, -0.2) is 23.2 Å². The van der Waals surface area contributed by atoms with Crippen molar-refractivity contribution < 1.29 is 9.53 Å². The number of ether oxygens (including phenoxy) is 1. The van der Waals surface area contributed by atoms with Gasteiger partial charge in [0.1, 0.15) is 6.10 Å². The molecule has 0 aromatic rings. The molecule has 3 heteroatoms. The van der Waals surface area contributed by atoms with Crippen LogP contribution in [0.1, 0.15) is 47.5 Å². The Morgan fingerprint density at radius 2 is 1.69 bits per heavy atom. The number of piperidine rings is 1. The molecule has 0 bridgehead atoms. The Morgan fingerprint density at radius 1 is 1.25 bits per heavy atom. The van der Waals surface area contributed by atoms with Gasteiger partial charge in [0.2, 0.25) is 0 Å². The van der Waals surface area contributed by atoms with Gasteiger partial charge in [0.15, 0.2) is 0 Å². The van der Waals surface area contributed by atoms with E-state index in [0.29, 0.717) is 5.57 Å². The molecule has 0 amide bonds. The van der Waals surface area contributed by atoms with Gasteiger partial charge in [-0.15, -0.1) is 0 Å². The lowest BCUT2D eigenvalue weighted by Gasteiger charge is -2.45. The zero-order chi connectivity index (χ0) is 12.6. The smallest absolute Gasteiger partial charge is 0.333 e. The fourth-order valence-electron chi connectivity index (χ4n) is 2.56. The lowest BCUT2D eigenvalue weighted by Crippen LogP contribution is -2.59. The summed E-state index contributed by atoms with van der Waals surface area (Å²) in [7, 11) is 0. The van der Waals surface area contributed by atoms with E-state index in [0.717, 1.165) is 12.8 Å². The van der Waals surface area contributed by atoms with E-state index in [1.54, 1.807) is 6.92 Å². The average molecular weight is 225 g/mol. The van der Waals surface area contributed by atoms with Gasteiger partial charge in [-0.25, -0.2) is 4.79 Å². The molecule has 3 nitrogen and oxygen atoms in total. The molecule has 0 atom stereocenters. The fraction of sp³-hybridized carbons (Fsp3) is 0.769. The van der Waals surface area contributed by atoms with E-state index < -0.39 is 0 Å². The molecule has 0 saturated carbocycles. The van der Waals surface area contributed by atoms with Gasteiger partial charge < -0.3 is 10.1 Å². The molecule has 0 aromatic heterocycles. The van der Waals surface area contributed by atoms with E-state index in [1.165, 1.54) is 0 Å². The number of carbonyl (C=O) groups excluding carboxylic acids is 1. The SMILES string of the molecule is C=C(C)C(=O)OC1CC(C)(C)NC(C)(C)C1. The van der Waals surface area contributed by atoms with Crippen LogP contribution < -0.4 is 5.32 Å². The quantitative estimate of drug-likeness (QED) is 0.579. The van der Waals surface area contributed by atoms with Gasteiger partial charge >= 0.3 is 5.97 Å². The van der Waals surface area contributed by atoms with Crippen LogP contribution in [0.4, 0.5) is 0 Å². The Bertz CT molecular complexity index is 289. The highest BCUT2D eigenvalue weighted by atomic mass is 16.5. The summed E-state index contributed by atoms with van der Waals surface area (Å²) in [6.45, 7) is 13.8. The minimum atomic E-state index is -0.279. The highest BCUT2D eigenvalue weighted by molar-refractivity contribution is 5.87. The molecule has 1 aliphatic rings. The van der Waals surface area contributed by atoms with Crippen LogP contribution in [0.25, 0.3) is 0 Å². The van der Waals surface area contributed by atoms with Gasteiger partial charge in [0.25, 0.3) is 0 Å². The summed E-state index contributed by atoms with van der Waals surface area (Å²) in [6, 6.07) is 0. The van der Waals surface area contributed by atoms with E-state index in [2.05, 4.69) is 39.6 Å². The summed E-state index contributed by atoms with van der Waals surface area (Å²) >= 11 is 0. The molecular formula is C13H23NO2. The third-order valence-corrected chi connectivity index (χ3v) is 2.77. The van der Waals surface area contributed by atoms with E-state index in [4.69, 9.17) is 4.74 Å². The molecule has 92 valence electrons. The molecule has 1 N–H and O–H groups in total. The van der Waals surface area contributed by atoms with Crippen molar-refractivity contribution in [3.8, 4) is 0 Å². The van der Waals surface area contributed by atoms with Crippen molar-refractivity contribution in [1.29, 1.82) is 0 Å². The van der Waals surface area contributed by atoms with Crippen molar-refractivity contribution >= 4 is 5.97 Å². The van der Waals surface area contributed by atoms with Crippen LogP contribution in [-0.2, 0) is 9.53 Å². The summed E-state index contributed by atoms with van der Waals surface area (Å²) in [6.07, 6.45) is 1.67. The molecule has 16 heavy (non-hydrogen) atoms. The van der Waals surface area contributed by atoms with Crippen LogP contribution in [0.5, 0.6) is 0 Å². The van der Waals surface area contributed by atoms with Gasteiger partial charge in [-0.2, -0.15) is 0 Å². The van der Waals surface area contributed by atoms with Gasteiger partial charge in [-0.3, -0.25) is 0 Å². The molecule has 0 spiro atoms. The zero-order valence-corrected chi connectivity index (χ0v) is 11.0. The van der Waals surface area contributed by atoms with Crippen molar-refractivity contribution in [2.45, 2.75) is 64.6 Å². The standard InChI is InChI=1S/C13H23NO2/c1-9(2)11(15)16-10-7-12(3,4)14-13(5,6)8-10/h10,14H,1,7-8H2,2-6H3. The minimum absolute atomic E-state index is 0.00176. The Kier molecular flexibility index (Phi) is 3.48. The first-order chi connectivity index (χ1) is 7.11. The minimum Gasteiger partial charge on any atom is -0.459 e. The molecule has 1 aliphatic heterocycles. The second-order valence-corrected chi connectivity index (χ2v) is 6.11. The summed E-state index contributed by atoms with van der Waals surface area (Å²) in [5.41, 5.74) is 0.470. The average Bonchev–Trinajstić information content (AvgIpc) is 1.96. The summed E-state index contributed by atoms with van der Waals surface area (Å²) in [5.74, 6) is -0.279. The molecule has 0 unspecified atom stereocenters. The first-order valence-corrected chi connectivity index (χ1v) is 5.77. The van der Waals surface area contributed by atoms with Gasteiger partial charge in [-0.05, 0) is 34.6 Å². The number of hydrogen-bond acceptors (Lipinski definition) is 3.